The van der Waals surface area contributed by atoms with Gasteiger partial charge in [0.05, 0.1) is 0 Å². The predicted octanol–water partition coefficient (Wildman–Crippen LogP) is 1.54. The zero-order valence-electron chi connectivity index (χ0n) is 3.40. The van der Waals surface area contributed by atoms with E-state index >= 15 is 0 Å². The van der Waals surface area contributed by atoms with Crippen LogP contribution in [0.2, 0.25) is 0 Å². The summed E-state index contributed by atoms with van der Waals surface area (Å²) < 4.78 is 32.5. The van der Waals surface area contributed by atoms with Crippen LogP contribution in [0.3, 0.4) is 0 Å². The summed E-state index contributed by atoms with van der Waals surface area (Å²) in [7, 11) is 0. The van der Waals surface area contributed by atoms with Crippen molar-refractivity contribution in [1.82, 2.24) is 0 Å². The summed E-state index contributed by atoms with van der Waals surface area (Å²) >= 11 is 3.78. The second kappa shape index (κ2) is 2.64. The van der Waals surface area contributed by atoms with Gasteiger partial charge in [0, 0.05) is 0 Å². The van der Waals surface area contributed by atoms with Gasteiger partial charge in [-0.25, -0.2) is 0 Å². The maximum atomic E-state index is 10.8. The van der Waals surface area contributed by atoms with Crippen LogP contribution in [0.15, 0.2) is 5.16 Å². The standard InChI is InChI=1S/C2F3NOS/c3-2(4,5)7-6-1-8. The van der Waals surface area contributed by atoms with E-state index < -0.39 is 6.36 Å². The first-order valence-corrected chi connectivity index (χ1v) is 1.79. The highest BCUT2D eigenvalue weighted by Gasteiger charge is 2.30. The molecule has 0 rings (SSSR count). The van der Waals surface area contributed by atoms with Crippen molar-refractivity contribution in [2.24, 2.45) is 5.16 Å². The van der Waals surface area contributed by atoms with Crippen molar-refractivity contribution in [2.75, 3.05) is 0 Å². The average molecular weight is 143 g/mol. The normalized spacial score (nSPS) is 9.88. The van der Waals surface area contributed by atoms with Crippen LogP contribution >= 0.6 is 12.2 Å². The number of halogens is 3. The Bertz CT molecular complexity index is 115. The van der Waals surface area contributed by atoms with E-state index in [-0.39, 0.29) is 0 Å². The van der Waals surface area contributed by atoms with Crippen LogP contribution in [0.1, 0.15) is 0 Å². The molecule has 0 aliphatic rings. The van der Waals surface area contributed by atoms with Gasteiger partial charge in [0.2, 0.25) is 0 Å². The molecule has 0 radical (unpaired) electrons. The van der Waals surface area contributed by atoms with Gasteiger partial charge in [-0.05, 0) is 17.4 Å². The molecule has 2 nitrogen and oxygen atoms in total. The smallest absolute Gasteiger partial charge is 0.285 e. The molecule has 0 aromatic rings. The first-order chi connectivity index (χ1) is 3.56. The van der Waals surface area contributed by atoms with E-state index in [1.165, 1.54) is 5.16 Å². The first-order valence-electron chi connectivity index (χ1n) is 1.38. The molecule has 0 saturated heterocycles. The fraction of sp³-hybridized carbons (Fsp3) is 0.500. The van der Waals surface area contributed by atoms with Gasteiger partial charge < -0.3 is 0 Å². The minimum atomic E-state index is -4.74. The van der Waals surface area contributed by atoms with Crippen molar-refractivity contribution in [1.29, 1.82) is 0 Å². The summed E-state index contributed by atoms with van der Waals surface area (Å²) in [6, 6.07) is 0. The van der Waals surface area contributed by atoms with E-state index in [0.29, 0.717) is 0 Å². The molecule has 0 atom stereocenters. The molecular weight excluding hydrogens is 143 g/mol. The number of thiocarbonyl (C=S) groups is 1. The van der Waals surface area contributed by atoms with Gasteiger partial charge in [-0.2, -0.15) is 0 Å². The van der Waals surface area contributed by atoms with Gasteiger partial charge in [0.25, 0.3) is 0 Å². The summed E-state index contributed by atoms with van der Waals surface area (Å²) in [6.07, 6.45) is -4.74. The molecule has 0 aromatic carbocycles. The van der Waals surface area contributed by atoms with E-state index in [0.717, 1.165) is 0 Å². The zero-order valence-corrected chi connectivity index (χ0v) is 4.21. The third-order valence-electron chi connectivity index (χ3n) is 0.186. The van der Waals surface area contributed by atoms with Crippen molar-refractivity contribution in [3.63, 3.8) is 0 Å². The minimum Gasteiger partial charge on any atom is -0.285 e. The van der Waals surface area contributed by atoms with Gasteiger partial charge in [0.1, 0.15) is 5.16 Å². The molecule has 0 saturated carbocycles. The van der Waals surface area contributed by atoms with Gasteiger partial charge in [-0.1, -0.05) is 0 Å². The Morgan fingerprint density at radius 2 is 2.00 bits per heavy atom. The molecule has 0 aromatic heterocycles. The molecule has 0 unspecified atom stereocenters. The van der Waals surface area contributed by atoms with Crippen LogP contribution in [0.25, 0.3) is 0 Å². The second-order valence-electron chi connectivity index (χ2n) is 0.720. The highest BCUT2D eigenvalue weighted by Crippen LogP contribution is 2.15. The Morgan fingerprint density at radius 3 is 2.12 bits per heavy atom. The van der Waals surface area contributed by atoms with Gasteiger partial charge in [0.15, 0.2) is 0 Å². The SMILES string of the molecule is FC(F)(F)ON=C=S. The van der Waals surface area contributed by atoms with Gasteiger partial charge >= 0.3 is 6.36 Å². The Balaban J connectivity index is 3.55. The lowest BCUT2D eigenvalue weighted by atomic mass is 11.4. The third-order valence-corrected chi connectivity index (χ3v) is 0.261. The monoisotopic (exact) mass is 143 g/mol. The average Bonchev–Trinajstić information content (AvgIpc) is 1.59. The molecular formula is C2F3NOS. The van der Waals surface area contributed by atoms with Crippen molar-refractivity contribution >= 4 is 17.4 Å². The maximum Gasteiger partial charge on any atom is 0.593 e. The van der Waals surface area contributed by atoms with Crippen LogP contribution in [-0.2, 0) is 4.84 Å². The molecule has 0 heterocycles. The summed E-state index contributed by atoms with van der Waals surface area (Å²) in [5, 5.41) is 3.57. The summed E-state index contributed by atoms with van der Waals surface area (Å²) in [6.45, 7) is 0. The van der Waals surface area contributed by atoms with Crippen molar-refractivity contribution < 1.29 is 18.0 Å². The lowest BCUT2D eigenvalue weighted by Gasteiger charge is -1.96. The predicted molar refractivity (Wildman–Crippen MR) is 22.2 cm³/mol. The van der Waals surface area contributed by atoms with Gasteiger partial charge in [-0.3, -0.25) is 4.84 Å². The third kappa shape index (κ3) is 5.39. The first kappa shape index (κ1) is 7.39. The number of alkyl halides is 3. The molecule has 0 spiro atoms. The molecule has 6 heteroatoms. The van der Waals surface area contributed by atoms with Crippen LogP contribution in [-0.4, -0.2) is 11.5 Å². The molecule has 0 bridgehead atoms. The minimum absolute atomic E-state index is 1.39. The van der Waals surface area contributed by atoms with Crippen molar-refractivity contribution in [3.8, 4) is 0 Å². The zero-order chi connectivity index (χ0) is 6.62. The van der Waals surface area contributed by atoms with E-state index in [9.17, 15) is 13.2 Å². The van der Waals surface area contributed by atoms with E-state index in [2.05, 4.69) is 22.2 Å². The molecule has 46 valence electrons. The fourth-order valence-electron chi connectivity index (χ4n) is 0.0704. The molecule has 0 aliphatic heterocycles. The Morgan fingerprint density at radius 1 is 1.50 bits per heavy atom. The largest absolute Gasteiger partial charge is 0.593 e. The second-order valence-corrected chi connectivity index (χ2v) is 0.902. The molecule has 0 amide bonds. The number of isothiocyanates is 1. The number of rotatable bonds is 1. The van der Waals surface area contributed by atoms with Crippen LogP contribution in [0.5, 0.6) is 0 Å². The quantitative estimate of drug-likeness (QED) is 0.315. The van der Waals surface area contributed by atoms with E-state index in [1.807, 2.05) is 0 Å². The number of nitrogens with zero attached hydrogens (tertiary/aromatic N) is 1. The number of hydrogen-bond donors (Lipinski definition) is 0. The summed E-state index contributed by atoms with van der Waals surface area (Å²) in [4.78, 5) is 2.79. The van der Waals surface area contributed by atoms with Gasteiger partial charge in [-0.15, -0.1) is 13.2 Å². The van der Waals surface area contributed by atoms with Crippen molar-refractivity contribution in [2.45, 2.75) is 6.36 Å². The molecule has 0 N–H and O–H groups in total. The highest BCUT2D eigenvalue weighted by molar-refractivity contribution is 7.78. The summed E-state index contributed by atoms with van der Waals surface area (Å²) in [5.74, 6) is 0. The molecule has 0 fully saturated rings. The van der Waals surface area contributed by atoms with E-state index in [4.69, 9.17) is 0 Å². The van der Waals surface area contributed by atoms with Crippen LogP contribution in [0.4, 0.5) is 13.2 Å². The Hall–Kier alpha value is -0.610. The fourth-order valence-corrected chi connectivity index (χ4v) is 0.108. The van der Waals surface area contributed by atoms with Crippen molar-refractivity contribution in [3.05, 3.63) is 0 Å². The molecule has 8 heavy (non-hydrogen) atoms. The maximum absolute atomic E-state index is 10.8. The lowest BCUT2D eigenvalue weighted by molar-refractivity contribution is -0.325. The van der Waals surface area contributed by atoms with Crippen LogP contribution < -0.4 is 0 Å². The van der Waals surface area contributed by atoms with Crippen LogP contribution in [0, 0.1) is 0 Å². The Kier molecular flexibility index (Phi) is 2.44. The topological polar surface area (TPSA) is 21.6 Å². The van der Waals surface area contributed by atoms with E-state index in [1.54, 1.807) is 0 Å². The number of hydrogen-bond acceptors (Lipinski definition) is 3. The highest BCUT2D eigenvalue weighted by atomic mass is 32.1. The lowest BCUT2D eigenvalue weighted by Crippen LogP contribution is -2.07. The summed E-state index contributed by atoms with van der Waals surface area (Å²) in [5.41, 5.74) is 0. The molecule has 0 aliphatic carbocycles. The Labute approximate surface area is 47.9 Å².